The molecule has 9 nitrogen and oxygen atoms in total. The number of amides is 2. The number of non-ortho nitro benzene ring substituents is 1. The summed E-state index contributed by atoms with van der Waals surface area (Å²) in [6.45, 7) is 0. The summed E-state index contributed by atoms with van der Waals surface area (Å²) in [5, 5.41) is 10.7. The van der Waals surface area contributed by atoms with Crippen molar-refractivity contribution in [2.24, 2.45) is 0 Å². The number of nitrogens with zero attached hydrogens (tertiary/aromatic N) is 1. The Labute approximate surface area is 154 Å². The van der Waals surface area contributed by atoms with E-state index in [-0.39, 0.29) is 11.3 Å². The van der Waals surface area contributed by atoms with Gasteiger partial charge in [0.25, 0.3) is 17.5 Å². The molecule has 0 atom stereocenters. The normalized spacial score (nSPS) is 10.3. The van der Waals surface area contributed by atoms with E-state index in [2.05, 4.69) is 10.9 Å². The van der Waals surface area contributed by atoms with Gasteiger partial charge in [-0.15, -0.1) is 0 Å². The molecule has 2 N–H and O–H groups in total. The second kappa shape index (κ2) is 8.99. The van der Waals surface area contributed by atoms with Crippen LogP contribution in [0.25, 0.3) is 6.08 Å². The third-order valence-electron chi connectivity index (χ3n) is 3.47. The molecule has 0 radical (unpaired) electrons. The standard InChI is InChI=1S/C18H17N3O6/c1-26-15-7-8-16(27-2)12(11-15)6-9-17(22)19-20-18(23)13-4-3-5-14(10-13)21(24)25/h3-11H,1-2H3,(H,19,22)(H,20,23)/b9-6+. The first kappa shape index (κ1) is 19.4. The van der Waals surface area contributed by atoms with Crippen LogP contribution in [0.2, 0.25) is 0 Å². The third kappa shape index (κ3) is 5.30. The number of hydrazine groups is 1. The number of methoxy groups -OCH3 is 2. The van der Waals surface area contributed by atoms with E-state index in [0.29, 0.717) is 17.1 Å². The van der Waals surface area contributed by atoms with Crippen molar-refractivity contribution in [2.75, 3.05) is 14.2 Å². The number of nitro benzene ring substituents is 1. The first-order chi connectivity index (χ1) is 12.9. The maximum Gasteiger partial charge on any atom is 0.270 e. The number of carbonyl (C=O) groups excluding carboxylic acids is 2. The highest BCUT2D eigenvalue weighted by atomic mass is 16.6. The van der Waals surface area contributed by atoms with Crippen LogP contribution in [0.15, 0.2) is 48.5 Å². The second-order valence-electron chi connectivity index (χ2n) is 5.19. The molecule has 2 amide bonds. The summed E-state index contributed by atoms with van der Waals surface area (Å²) < 4.78 is 10.3. The molecule has 2 rings (SSSR count). The fourth-order valence-electron chi connectivity index (χ4n) is 2.13. The summed E-state index contributed by atoms with van der Waals surface area (Å²) in [6.07, 6.45) is 2.70. The van der Waals surface area contributed by atoms with Crippen molar-refractivity contribution in [3.05, 3.63) is 69.8 Å². The molecule has 0 unspecified atom stereocenters. The highest BCUT2D eigenvalue weighted by Gasteiger charge is 2.11. The zero-order valence-electron chi connectivity index (χ0n) is 14.6. The Morgan fingerprint density at radius 2 is 1.85 bits per heavy atom. The smallest absolute Gasteiger partial charge is 0.270 e. The summed E-state index contributed by atoms with van der Waals surface area (Å²) >= 11 is 0. The highest BCUT2D eigenvalue weighted by molar-refractivity contribution is 5.98. The Bertz CT molecular complexity index is 894. The average Bonchev–Trinajstić information content (AvgIpc) is 2.70. The Morgan fingerprint density at radius 1 is 1.07 bits per heavy atom. The van der Waals surface area contributed by atoms with Gasteiger partial charge in [0, 0.05) is 29.3 Å². The van der Waals surface area contributed by atoms with Gasteiger partial charge in [-0.2, -0.15) is 0 Å². The van der Waals surface area contributed by atoms with Crippen LogP contribution in [0.4, 0.5) is 5.69 Å². The lowest BCUT2D eigenvalue weighted by Gasteiger charge is -2.07. The molecular formula is C18H17N3O6. The van der Waals surface area contributed by atoms with E-state index in [9.17, 15) is 19.7 Å². The van der Waals surface area contributed by atoms with Gasteiger partial charge in [0.15, 0.2) is 0 Å². The van der Waals surface area contributed by atoms with E-state index in [1.807, 2.05) is 0 Å². The summed E-state index contributed by atoms with van der Waals surface area (Å²) in [5.74, 6) is -0.145. The molecule has 0 aromatic heterocycles. The number of ether oxygens (including phenoxy) is 2. The molecule has 0 aliphatic rings. The summed E-state index contributed by atoms with van der Waals surface area (Å²) in [6, 6.07) is 10.2. The van der Waals surface area contributed by atoms with Crippen LogP contribution in [0.3, 0.4) is 0 Å². The minimum absolute atomic E-state index is 0.0444. The van der Waals surface area contributed by atoms with Gasteiger partial charge in [0.05, 0.1) is 19.1 Å². The Balaban J connectivity index is 2.00. The summed E-state index contributed by atoms with van der Waals surface area (Å²) in [7, 11) is 3.02. The summed E-state index contributed by atoms with van der Waals surface area (Å²) in [4.78, 5) is 34.0. The number of benzene rings is 2. The lowest BCUT2D eigenvalue weighted by Crippen LogP contribution is -2.40. The van der Waals surface area contributed by atoms with E-state index in [0.717, 1.165) is 6.07 Å². The Kier molecular flexibility index (Phi) is 6.48. The molecule has 2 aromatic rings. The molecule has 2 aromatic carbocycles. The van der Waals surface area contributed by atoms with Crippen molar-refractivity contribution in [2.45, 2.75) is 0 Å². The van der Waals surface area contributed by atoms with Crippen molar-refractivity contribution in [1.82, 2.24) is 10.9 Å². The minimum Gasteiger partial charge on any atom is -0.497 e. The van der Waals surface area contributed by atoms with Gasteiger partial charge in [0.1, 0.15) is 11.5 Å². The maximum absolute atomic E-state index is 12.0. The molecule has 140 valence electrons. The molecular weight excluding hydrogens is 354 g/mol. The number of rotatable bonds is 6. The van der Waals surface area contributed by atoms with Crippen LogP contribution >= 0.6 is 0 Å². The monoisotopic (exact) mass is 371 g/mol. The maximum atomic E-state index is 12.0. The quantitative estimate of drug-likeness (QED) is 0.456. The van der Waals surface area contributed by atoms with E-state index >= 15 is 0 Å². The number of hydrogen-bond acceptors (Lipinski definition) is 6. The van der Waals surface area contributed by atoms with Gasteiger partial charge in [-0.05, 0) is 30.3 Å². The van der Waals surface area contributed by atoms with Crippen LogP contribution in [0.1, 0.15) is 15.9 Å². The second-order valence-corrected chi connectivity index (χ2v) is 5.19. The first-order valence-electron chi connectivity index (χ1n) is 7.69. The fourth-order valence-corrected chi connectivity index (χ4v) is 2.13. The van der Waals surface area contributed by atoms with E-state index in [1.165, 1.54) is 44.6 Å². The molecule has 27 heavy (non-hydrogen) atoms. The summed E-state index contributed by atoms with van der Waals surface area (Å²) in [5.41, 5.74) is 4.81. The van der Waals surface area contributed by atoms with Crippen LogP contribution < -0.4 is 20.3 Å². The van der Waals surface area contributed by atoms with Crippen molar-refractivity contribution in [3.8, 4) is 11.5 Å². The van der Waals surface area contributed by atoms with E-state index in [1.54, 1.807) is 18.2 Å². The molecule has 0 aliphatic carbocycles. The molecule has 0 heterocycles. The lowest BCUT2D eigenvalue weighted by atomic mass is 10.1. The highest BCUT2D eigenvalue weighted by Crippen LogP contribution is 2.24. The topological polar surface area (TPSA) is 120 Å². The lowest BCUT2D eigenvalue weighted by molar-refractivity contribution is -0.384. The van der Waals surface area contributed by atoms with E-state index in [4.69, 9.17) is 9.47 Å². The number of nitrogens with one attached hydrogen (secondary N) is 2. The Hall–Kier alpha value is -3.88. The van der Waals surface area contributed by atoms with Crippen molar-refractivity contribution in [3.63, 3.8) is 0 Å². The third-order valence-corrected chi connectivity index (χ3v) is 3.47. The number of hydrogen-bond donors (Lipinski definition) is 2. The predicted molar refractivity (Wildman–Crippen MR) is 97.3 cm³/mol. The molecule has 0 bridgehead atoms. The largest absolute Gasteiger partial charge is 0.497 e. The first-order valence-corrected chi connectivity index (χ1v) is 7.69. The van der Waals surface area contributed by atoms with Crippen LogP contribution in [-0.2, 0) is 4.79 Å². The number of nitro groups is 1. The number of carbonyl (C=O) groups is 2. The van der Waals surface area contributed by atoms with Crippen molar-refractivity contribution >= 4 is 23.6 Å². The Morgan fingerprint density at radius 3 is 2.52 bits per heavy atom. The van der Waals surface area contributed by atoms with Gasteiger partial charge in [0.2, 0.25) is 0 Å². The fraction of sp³-hybridized carbons (Fsp3) is 0.111. The van der Waals surface area contributed by atoms with Gasteiger partial charge >= 0.3 is 0 Å². The molecule has 0 saturated heterocycles. The van der Waals surface area contributed by atoms with Gasteiger partial charge < -0.3 is 9.47 Å². The minimum atomic E-state index is -0.681. The molecule has 0 fully saturated rings. The average molecular weight is 371 g/mol. The van der Waals surface area contributed by atoms with Gasteiger partial charge in [-0.1, -0.05) is 6.07 Å². The molecule has 0 aliphatic heterocycles. The van der Waals surface area contributed by atoms with Crippen LogP contribution in [0, 0.1) is 10.1 Å². The predicted octanol–water partition coefficient (Wildman–Crippen LogP) is 2.09. The van der Waals surface area contributed by atoms with E-state index < -0.39 is 16.7 Å². The van der Waals surface area contributed by atoms with Crippen molar-refractivity contribution in [1.29, 1.82) is 0 Å². The van der Waals surface area contributed by atoms with Gasteiger partial charge in [-0.3, -0.25) is 30.6 Å². The van der Waals surface area contributed by atoms with Crippen molar-refractivity contribution < 1.29 is 24.0 Å². The SMILES string of the molecule is COc1ccc(OC)c(/C=C/C(=O)NNC(=O)c2cccc([N+](=O)[O-])c2)c1. The molecule has 0 spiro atoms. The van der Waals surface area contributed by atoms with Gasteiger partial charge in [-0.25, -0.2) is 0 Å². The zero-order chi connectivity index (χ0) is 19.8. The molecule has 0 saturated carbocycles. The van der Waals surface area contributed by atoms with Crippen LogP contribution in [-0.4, -0.2) is 31.0 Å². The van der Waals surface area contributed by atoms with Crippen LogP contribution in [0.5, 0.6) is 11.5 Å². The zero-order valence-corrected chi connectivity index (χ0v) is 14.6. The molecule has 9 heteroatoms.